The van der Waals surface area contributed by atoms with Crippen molar-refractivity contribution in [2.45, 2.75) is 26.2 Å². The highest BCUT2D eigenvalue weighted by Crippen LogP contribution is 2.11. The molecule has 10 heteroatoms. The van der Waals surface area contributed by atoms with Gasteiger partial charge < -0.3 is 14.2 Å². The van der Waals surface area contributed by atoms with Crippen LogP contribution in [0.5, 0.6) is 0 Å². The van der Waals surface area contributed by atoms with E-state index in [9.17, 15) is 18.8 Å². The van der Waals surface area contributed by atoms with Crippen LogP contribution >= 0.6 is 0 Å². The maximum Gasteiger partial charge on any atom is 0.333 e. The zero-order chi connectivity index (χ0) is 24.9. The molecule has 0 N–H and O–H groups in total. The highest BCUT2D eigenvalue weighted by atomic mass is 19.1. The minimum absolute atomic E-state index is 0.192. The second-order valence-electron chi connectivity index (χ2n) is 8.22. The minimum atomic E-state index is -0.619. The van der Waals surface area contributed by atoms with Crippen LogP contribution in [0.2, 0.25) is 0 Å². The van der Waals surface area contributed by atoms with Crippen LogP contribution in [-0.4, -0.2) is 50.3 Å². The molecule has 4 rings (SSSR count). The number of hydrogen-bond acceptors (Lipinski definition) is 5. The fourth-order valence-electron chi connectivity index (χ4n) is 3.85. The van der Waals surface area contributed by atoms with Gasteiger partial charge in [-0.15, -0.1) is 0 Å². The van der Waals surface area contributed by atoms with Gasteiger partial charge in [0, 0.05) is 27.2 Å². The topological polar surface area (TPSA) is 91.4 Å². The average Bonchev–Trinajstić information content (AvgIpc) is 3.29. The van der Waals surface area contributed by atoms with Crippen LogP contribution in [0.25, 0.3) is 11.2 Å². The van der Waals surface area contributed by atoms with Crippen molar-refractivity contribution in [3.63, 3.8) is 0 Å². The Hall–Kier alpha value is -4.05. The summed E-state index contributed by atoms with van der Waals surface area (Å²) in [6.07, 6.45) is 1.50. The molecule has 4 aromatic rings. The number of likely N-dealkylation sites (N-methyl/N-ethyl adjacent to an activating group) is 1. The first-order chi connectivity index (χ1) is 16.9. The molecule has 0 aliphatic heterocycles. The van der Waals surface area contributed by atoms with E-state index in [1.54, 1.807) is 30.9 Å². The zero-order valence-electron chi connectivity index (χ0n) is 19.6. The van der Waals surface area contributed by atoms with Gasteiger partial charge >= 0.3 is 5.69 Å². The third kappa shape index (κ3) is 5.22. The molecule has 0 aliphatic carbocycles. The Labute approximate surface area is 200 Å². The molecule has 0 saturated heterocycles. The number of amides is 1. The third-order valence-electron chi connectivity index (χ3n) is 5.76. The fourth-order valence-corrected chi connectivity index (χ4v) is 3.85. The maximum absolute atomic E-state index is 13.4. The average molecular weight is 480 g/mol. The molecule has 0 bridgehead atoms. The monoisotopic (exact) mass is 479 g/mol. The van der Waals surface area contributed by atoms with E-state index in [4.69, 9.17) is 4.74 Å². The minimum Gasteiger partial charge on any atom is -0.383 e. The summed E-state index contributed by atoms with van der Waals surface area (Å²) in [4.78, 5) is 45.5. The van der Waals surface area contributed by atoms with Crippen LogP contribution in [0, 0.1) is 5.82 Å². The number of methoxy groups -OCH3 is 1. The smallest absolute Gasteiger partial charge is 0.333 e. The molecule has 0 radical (unpaired) electrons. The lowest BCUT2D eigenvalue weighted by Crippen LogP contribution is -2.44. The van der Waals surface area contributed by atoms with E-state index in [1.165, 1.54) is 27.9 Å². The Kier molecular flexibility index (Phi) is 7.21. The number of imidazole rings is 1. The van der Waals surface area contributed by atoms with Crippen molar-refractivity contribution in [3.8, 4) is 0 Å². The molecule has 0 saturated carbocycles. The second-order valence-corrected chi connectivity index (χ2v) is 8.22. The van der Waals surface area contributed by atoms with Gasteiger partial charge in [-0.3, -0.25) is 14.2 Å². The van der Waals surface area contributed by atoms with Crippen molar-refractivity contribution < 1.29 is 13.9 Å². The van der Waals surface area contributed by atoms with Gasteiger partial charge in [-0.25, -0.2) is 18.7 Å². The van der Waals surface area contributed by atoms with E-state index in [0.29, 0.717) is 13.2 Å². The Balaban J connectivity index is 1.72. The summed E-state index contributed by atoms with van der Waals surface area (Å²) >= 11 is 0. The summed E-state index contributed by atoms with van der Waals surface area (Å²) in [5.41, 5.74) is 0.852. The normalized spacial score (nSPS) is 11.2. The first-order valence-electron chi connectivity index (χ1n) is 11.1. The van der Waals surface area contributed by atoms with Gasteiger partial charge in [0.05, 0.1) is 19.5 Å². The van der Waals surface area contributed by atoms with E-state index in [0.717, 1.165) is 15.7 Å². The van der Waals surface area contributed by atoms with Crippen LogP contribution < -0.4 is 11.2 Å². The number of fused-ring (bicyclic) bond motifs is 1. The Morgan fingerprint density at radius 1 is 1.03 bits per heavy atom. The number of ether oxygens (including phenoxy) is 1. The zero-order valence-corrected chi connectivity index (χ0v) is 19.6. The number of halogens is 1. The molecule has 0 aliphatic rings. The summed E-state index contributed by atoms with van der Waals surface area (Å²) in [5.74, 6) is -0.797. The first kappa shape index (κ1) is 24.1. The van der Waals surface area contributed by atoms with Gasteiger partial charge in [-0.2, -0.15) is 0 Å². The van der Waals surface area contributed by atoms with Gasteiger partial charge in [0.15, 0.2) is 11.2 Å². The van der Waals surface area contributed by atoms with Crippen LogP contribution in [0.4, 0.5) is 4.39 Å². The quantitative estimate of drug-likeness (QED) is 0.366. The van der Waals surface area contributed by atoms with Crippen LogP contribution in [0.15, 0.2) is 70.5 Å². The molecule has 9 nitrogen and oxygen atoms in total. The van der Waals surface area contributed by atoms with Crippen LogP contribution in [-0.2, 0) is 35.7 Å². The van der Waals surface area contributed by atoms with E-state index >= 15 is 0 Å². The SMILES string of the molecule is COCCn1cnc2c1c(=O)n(CC(=O)N(C)Cc1ccc(F)cc1)c(=O)n2Cc1ccccc1. The summed E-state index contributed by atoms with van der Waals surface area (Å²) in [6.45, 7) is 0.680. The lowest BCUT2D eigenvalue weighted by molar-refractivity contribution is -0.131. The molecular formula is C25H26FN5O4. The number of rotatable bonds is 9. The first-order valence-corrected chi connectivity index (χ1v) is 11.1. The predicted molar refractivity (Wildman–Crippen MR) is 129 cm³/mol. The molecular weight excluding hydrogens is 453 g/mol. The highest BCUT2D eigenvalue weighted by Gasteiger charge is 2.21. The lowest BCUT2D eigenvalue weighted by Gasteiger charge is -2.18. The van der Waals surface area contributed by atoms with Crippen molar-refractivity contribution in [3.05, 3.63) is 98.7 Å². The maximum atomic E-state index is 13.4. The summed E-state index contributed by atoms with van der Waals surface area (Å²) in [7, 11) is 3.12. The van der Waals surface area contributed by atoms with Crippen LogP contribution in [0.3, 0.4) is 0 Å². The molecule has 182 valence electrons. The second kappa shape index (κ2) is 10.5. The predicted octanol–water partition coefficient (Wildman–Crippen LogP) is 1.85. The van der Waals surface area contributed by atoms with Crippen molar-refractivity contribution in [1.82, 2.24) is 23.6 Å². The van der Waals surface area contributed by atoms with Gasteiger partial charge in [0.2, 0.25) is 5.91 Å². The highest BCUT2D eigenvalue weighted by molar-refractivity contribution is 5.76. The molecule has 2 heterocycles. The van der Waals surface area contributed by atoms with Gasteiger partial charge in [-0.1, -0.05) is 42.5 Å². The van der Waals surface area contributed by atoms with Crippen molar-refractivity contribution >= 4 is 17.1 Å². The molecule has 0 atom stereocenters. The van der Waals surface area contributed by atoms with Crippen molar-refractivity contribution in [2.75, 3.05) is 20.8 Å². The molecule has 2 aromatic heterocycles. The number of carbonyl (C=O) groups is 1. The summed E-state index contributed by atoms with van der Waals surface area (Å²) in [6, 6.07) is 15.1. The Bertz CT molecular complexity index is 1440. The van der Waals surface area contributed by atoms with Gasteiger partial charge in [0.1, 0.15) is 12.4 Å². The van der Waals surface area contributed by atoms with Crippen LogP contribution in [0.1, 0.15) is 11.1 Å². The fraction of sp³-hybridized carbons (Fsp3) is 0.280. The lowest BCUT2D eigenvalue weighted by atomic mass is 10.2. The van der Waals surface area contributed by atoms with Gasteiger partial charge in [-0.05, 0) is 23.3 Å². The van der Waals surface area contributed by atoms with E-state index in [-0.39, 0.29) is 30.1 Å². The number of carbonyl (C=O) groups excluding carboxylic acids is 1. The molecule has 0 spiro atoms. The number of hydrogen-bond donors (Lipinski definition) is 0. The molecule has 2 aromatic carbocycles. The largest absolute Gasteiger partial charge is 0.383 e. The standard InChI is InChI=1S/C25H26FN5O4/c1-28(14-19-8-10-20(26)11-9-19)21(32)16-31-24(33)22-23(27-17-29(22)12-13-35-2)30(25(31)34)15-18-6-4-3-5-7-18/h3-11,17H,12-16H2,1-2H3. The summed E-state index contributed by atoms with van der Waals surface area (Å²) < 4.78 is 22.3. The van der Waals surface area contributed by atoms with Crippen molar-refractivity contribution in [2.24, 2.45) is 0 Å². The van der Waals surface area contributed by atoms with E-state index in [2.05, 4.69) is 4.98 Å². The summed E-state index contributed by atoms with van der Waals surface area (Å²) in [5, 5.41) is 0. The molecule has 35 heavy (non-hydrogen) atoms. The third-order valence-corrected chi connectivity index (χ3v) is 5.76. The number of benzene rings is 2. The number of nitrogens with zero attached hydrogens (tertiary/aromatic N) is 5. The van der Waals surface area contributed by atoms with E-state index < -0.39 is 23.7 Å². The van der Waals surface area contributed by atoms with E-state index in [1.807, 2.05) is 30.3 Å². The van der Waals surface area contributed by atoms with Gasteiger partial charge in [0.25, 0.3) is 5.56 Å². The molecule has 0 fully saturated rings. The number of aromatic nitrogens is 4. The molecule has 0 unspecified atom stereocenters. The Morgan fingerprint density at radius 3 is 2.43 bits per heavy atom. The Morgan fingerprint density at radius 2 is 1.74 bits per heavy atom. The van der Waals surface area contributed by atoms with Crippen molar-refractivity contribution in [1.29, 1.82) is 0 Å². The molecule has 1 amide bonds.